The summed E-state index contributed by atoms with van der Waals surface area (Å²) in [5.41, 5.74) is 3.94. The van der Waals surface area contributed by atoms with Crippen molar-refractivity contribution in [2.24, 2.45) is 7.05 Å². The molecular weight excluding hydrogens is 338 g/mol. The number of benzene rings is 2. The molecule has 130 valence electrons. The van der Waals surface area contributed by atoms with E-state index >= 15 is 0 Å². The minimum Gasteiger partial charge on any atom is -0.497 e. The van der Waals surface area contributed by atoms with Crippen LogP contribution in [0.25, 0.3) is 33.2 Å². The molecule has 0 radical (unpaired) electrons. The van der Waals surface area contributed by atoms with Crippen LogP contribution in [-0.2, 0) is 7.05 Å². The molecule has 26 heavy (non-hydrogen) atoms. The maximum absolute atomic E-state index is 9.35. The number of rotatable bonds is 2. The van der Waals surface area contributed by atoms with Gasteiger partial charge in [0.25, 0.3) is 0 Å². The standard InChI is InChI=1S/C21H21N3OSi/c1-24-18-9-7-14(25-2)11-16(18)20(26(3,4)5)19-15-10-13(12-22)6-8-17(15)23-21(19)24/h6-11H,1-5H3. The molecule has 0 fully saturated rings. The first-order valence-corrected chi connectivity index (χ1v) is 12.2. The summed E-state index contributed by atoms with van der Waals surface area (Å²) in [6.07, 6.45) is 0. The number of fused-ring (bicyclic) bond motifs is 4. The lowest BCUT2D eigenvalue weighted by Crippen LogP contribution is -2.40. The van der Waals surface area contributed by atoms with Gasteiger partial charge in [-0.05, 0) is 41.6 Å². The van der Waals surface area contributed by atoms with Crippen LogP contribution >= 0.6 is 0 Å². The second-order valence-corrected chi connectivity index (χ2v) is 12.7. The maximum atomic E-state index is 9.35. The van der Waals surface area contributed by atoms with Gasteiger partial charge in [0.05, 0.1) is 32.3 Å². The highest BCUT2D eigenvalue weighted by molar-refractivity contribution is 6.91. The normalized spacial score (nSPS) is 12.0. The third kappa shape index (κ3) is 2.30. The van der Waals surface area contributed by atoms with Crippen molar-refractivity contribution in [2.45, 2.75) is 19.6 Å². The number of aryl methyl sites for hydroxylation is 1. The smallest absolute Gasteiger partial charge is 0.141 e. The van der Waals surface area contributed by atoms with E-state index in [-0.39, 0.29) is 0 Å². The van der Waals surface area contributed by atoms with Gasteiger partial charge in [-0.3, -0.25) is 0 Å². The summed E-state index contributed by atoms with van der Waals surface area (Å²) in [6.45, 7) is 7.06. The Morgan fingerprint density at radius 1 is 1.08 bits per heavy atom. The monoisotopic (exact) mass is 359 g/mol. The highest BCUT2D eigenvalue weighted by atomic mass is 28.3. The van der Waals surface area contributed by atoms with E-state index in [1.165, 1.54) is 16.1 Å². The number of nitrogens with zero attached hydrogens (tertiary/aromatic N) is 3. The van der Waals surface area contributed by atoms with Crippen molar-refractivity contribution >= 4 is 35.1 Å². The van der Waals surface area contributed by atoms with Gasteiger partial charge in [0.15, 0.2) is 0 Å². The third-order valence-corrected chi connectivity index (χ3v) is 7.02. The van der Waals surface area contributed by atoms with Crippen molar-refractivity contribution in [2.75, 3.05) is 7.11 Å². The van der Waals surface area contributed by atoms with Crippen LogP contribution in [-0.4, -0.2) is 24.7 Å². The Morgan fingerprint density at radius 2 is 1.85 bits per heavy atom. The fourth-order valence-corrected chi connectivity index (χ4v) is 5.85. The van der Waals surface area contributed by atoms with Crippen LogP contribution in [0.2, 0.25) is 19.6 Å². The SMILES string of the molecule is COc1ccc2c(c1)c([Si](C)(C)C)c1c3cc(C#N)ccc3nc-1n2C. The number of aromatic nitrogens is 2. The molecule has 2 aromatic carbocycles. The van der Waals surface area contributed by atoms with Crippen molar-refractivity contribution in [1.29, 1.82) is 5.26 Å². The van der Waals surface area contributed by atoms with Crippen LogP contribution in [0.15, 0.2) is 36.4 Å². The van der Waals surface area contributed by atoms with E-state index < -0.39 is 8.07 Å². The minimum absolute atomic E-state index is 0.668. The Balaban J connectivity index is 2.30. The number of ether oxygens (including phenoxy) is 1. The Hall–Kier alpha value is -2.84. The highest BCUT2D eigenvalue weighted by Gasteiger charge is 2.30. The Morgan fingerprint density at radius 3 is 2.50 bits per heavy atom. The summed E-state index contributed by atoms with van der Waals surface area (Å²) < 4.78 is 7.65. The van der Waals surface area contributed by atoms with E-state index in [0.717, 1.165) is 28.0 Å². The van der Waals surface area contributed by atoms with Gasteiger partial charge in [-0.15, -0.1) is 0 Å². The van der Waals surface area contributed by atoms with Gasteiger partial charge in [0.2, 0.25) is 0 Å². The van der Waals surface area contributed by atoms with Crippen LogP contribution in [0.5, 0.6) is 5.75 Å². The van der Waals surface area contributed by atoms with Crippen LogP contribution in [0.4, 0.5) is 0 Å². The zero-order chi connectivity index (χ0) is 18.6. The average molecular weight is 360 g/mol. The largest absolute Gasteiger partial charge is 0.497 e. The Kier molecular flexibility index (Phi) is 3.57. The summed E-state index contributed by atoms with van der Waals surface area (Å²) >= 11 is 0. The number of hydrogen-bond donors (Lipinski definition) is 0. The molecule has 0 amide bonds. The molecule has 0 N–H and O–H groups in total. The van der Waals surface area contributed by atoms with Gasteiger partial charge < -0.3 is 9.30 Å². The molecule has 4 nitrogen and oxygen atoms in total. The molecule has 0 atom stereocenters. The van der Waals surface area contributed by atoms with E-state index in [0.29, 0.717) is 5.56 Å². The van der Waals surface area contributed by atoms with Crippen LogP contribution in [0.1, 0.15) is 5.56 Å². The summed E-state index contributed by atoms with van der Waals surface area (Å²) in [5.74, 6) is 1.84. The lowest BCUT2D eigenvalue weighted by Gasteiger charge is -2.26. The number of hydrogen-bond acceptors (Lipinski definition) is 3. The molecule has 0 spiro atoms. The summed E-state index contributed by atoms with van der Waals surface area (Å²) in [5, 5.41) is 13.0. The molecule has 0 saturated carbocycles. The molecule has 4 rings (SSSR count). The van der Waals surface area contributed by atoms with E-state index in [4.69, 9.17) is 9.72 Å². The van der Waals surface area contributed by atoms with Gasteiger partial charge in [0.1, 0.15) is 11.6 Å². The second-order valence-electron chi connectivity index (χ2n) is 7.72. The molecule has 0 bridgehead atoms. The lowest BCUT2D eigenvalue weighted by atomic mass is 10.0. The summed E-state index contributed by atoms with van der Waals surface area (Å²) in [4.78, 5) is 4.90. The zero-order valence-corrected chi connectivity index (χ0v) is 16.7. The fourth-order valence-electron chi connectivity index (χ4n) is 3.85. The fraction of sp³-hybridized carbons (Fsp3) is 0.238. The zero-order valence-electron chi connectivity index (χ0n) is 15.7. The van der Waals surface area contributed by atoms with Crippen molar-refractivity contribution in [3.63, 3.8) is 0 Å². The molecule has 2 aliphatic rings. The van der Waals surface area contributed by atoms with Gasteiger partial charge in [0, 0.05) is 28.9 Å². The molecule has 0 saturated heterocycles. The third-order valence-electron chi connectivity index (χ3n) is 5.00. The molecule has 0 aromatic heterocycles. The first-order valence-electron chi connectivity index (χ1n) is 8.65. The number of nitriles is 1. The van der Waals surface area contributed by atoms with Crippen LogP contribution < -0.4 is 9.92 Å². The molecule has 0 unspecified atom stereocenters. The van der Waals surface area contributed by atoms with E-state index in [1.807, 2.05) is 24.3 Å². The predicted octanol–water partition coefficient (Wildman–Crippen LogP) is 4.26. The minimum atomic E-state index is -1.72. The quantitative estimate of drug-likeness (QED) is 0.503. The molecule has 5 heteroatoms. The molecule has 2 aliphatic heterocycles. The summed E-state index contributed by atoms with van der Waals surface area (Å²) in [7, 11) is 2.04. The molecule has 0 aliphatic carbocycles. The predicted molar refractivity (Wildman–Crippen MR) is 109 cm³/mol. The highest BCUT2D eigenvalue weighted by Crippen LogP contribution is 2.36. The second kappa shape index (κ2) is 5.58. The van der Waals surface area contributed by atoms with Crippen LogP contribution in [0.3, 0.4) is 0 Å². The number of pyridine rings is 1. The Labute approximate surface area is 154 Å². The molecule has 2 aromatic rings. The lowest BCUT2D eigenvalue weighted by molar-refractivity contribution is 0.415. The first kappa shape index (κ1) is 16.6. The van der Waals surface area contributed by atoms with Crippen molar-refractivity contribution in [3.05, 3.63) is 42.0 Å². The molecular formula is C21H21N3OSi. The van der Waals surface area contributed by atoms with Gasteiger partial charge in [-0.25, -0.2) is 4.98 Å². The van der Waals surface area contributed by atoms with E-state index in [2.05, 4.69) is 49.5 Å². The summed E-state index contributed by atoms with van der Waals surface area (Å²) in [6, 6.07) is 14.3. The average Bonchev–Trinajstić information content (AvgIpc) is 2.99. The van der Waals surface area contributed by atoms with Gasteiger partial charge >= 0.3 is 0 Å². The van der Waals surface area contributed by atoms with E-state index in [1.54, 1.807) is 7.11 Å². The van der Waals surface area contributed by atoms with Gasteiger partial charge in [-0.2, -0.15) is 5.26 Å². The maximum Gasteiger partial charge on any atom is 0.141 e. The molecule has 2 heterocycles. The number of methoxy groups -OCH3 is 1. The van der Waals surface area contributed by atoms with Crippen molar-refractivity contribution < 1.29 is 4.74 Å². The Bertz CT molecular complexity index is 1180. The van der Waals surface area contributed by atoms with Crippen LogP contribution in [0, 0.1) is 11.3 Å². The van der Waals surface area contributed by atoms with Gasteiger partial charge in [-0.1, -0.05) is 19.6 Å². The topological polar surface area (TPSA) is 50.8 Å². The van der Waals surface area contributed by atoms with Crippen molar-refractivity contribution in [1.82, 2.24) is 9.55 Å². The first-order chi connectivity index (χ1) is 12.3. The van der Waals surface area contributed by atoms with E-state index in [9.17, 15) is 5.26 Å². The van der Waals surface area contributed by atoms with Crippen molar-refractivity contribution in [3.8, 4) is 23.2 Å².